The Morgan fingerprint density at radius 2 is 1.88 bits per heavy atom. The summed E-state index contributed by atoms with van der Waals surface area (Å²) in [6.45, 7) is 3.56. The molecule has 3 heteroatoms. The molecule has 0 spiro atoms. The van der Waals surface area contributed by atoms with Gasteiger partial charge in [0.2, 0.25) is 5.91 Å². The van der Waals surface area contributed by atoms with Crippen LogP contribution in [-0.4, -0.2) is 23.3 Å². The van der Waals surface area contributed by atoms with E-state index in [-0.39, 0.29) is 11.8 Å². The first kappa shape index (κ1) is 12.2. The van der Waals surface area contributed by atoms with Crippen LogP contribution in [-0.2, 0) is 9.59 Å². The number of imide groups is 1. The Kier molecular flexibility index (Phi) is 4.45. The number of carbonyl (C=O) groups excluding carboxylic acids is 2. The molecule has 1 aromatic carbocycles. The lowest BCUT2D eigenvalue weighted by atomic mass is 10.2. The normalized spacial score (nSPS) is 10.4. The van der Waals surface area contributed by atoms with E-state index in [0.29, 0.717) is 6.54 Å². The summed E-state index contributed by atoms with van der Waals surface area (Å²) in [6, 6.07) is 9.49. The van der Waals surface area contributed by atoms with Crippen molar-refractivity contribution in [1.29, 1.82) is 0 Å². The van der Waals surface area contributed by atoms with Crippen LogP contribution >= 0.6 is 0 Å². The maximum absolute atomic E-state index is 11.6. The Hall–Kier alpha value is -1.90. The fraction of sp³-hybridized carbons (Fsp3) is 0.231. The van der Waals surface area contributed by atoms with E-state index in [9.17, 15) is 9.59 Å². The molecule has 2 amide bonds. The third kappa shape index (κ3) is 3.35. The Balaban J connectivity index is 2.71. The van der Waals surface area contributed by atoms with Crippen LogP contribution in [0.25, 0.3) is 6.08 Å². The van der Waals surface area contributed by atoms with Gasteiger partial charge in [-0.1, -0.05) is 30.3 Å². The van der Waals surface area contributed by atoms with Crippen LogP contribution in [0, 0.1) is 0 Å². The van der Waals surface area contributed by atoms with Gasteiger partial charge >= 0.3 is 0 Å². The molecule has 3 nitrogen and oxygen atoms in total. The van der Waals surface area contributed by atoms with Crippen LogP contribution in [0.2, 0.25) is 0 Å². The van der Waals surface area contributed by atoms with E-state index in [1.807, 2.05) is 30.3 Å². The van der Waals surface area contributed by atoms with Crippen molar-refractivity contribution >= 4 is 17.9 Å². The molecule has 0 atom stereocenters. The second-order valence-corrected chi connectivity index (χ2v) is 3.35. The summed E-state index contributed by atoms with van der Waals surface area (Å²) < 4.78 is 0. The van der Waals surface area contributed by atoms with Crippen LogP contribution < -0.4 is 0 Å². The summed E-state index contributed by atoms with van der Waals surface area (Å²) in [5.74, 6) is -0.510. The first-order valence-corrected chi connectivity index (χ1v) is 5.20. The van der Waals surface area contributed by atoms with Crippen molar-refractivity contribution in [3.8, 4) is 0 Å². The molecule has 1 aromatic rings. The highest BCUT2D eigenvalue weighted by Gasteiger charge is 2.11. The quantitative estimate of drug-likeness (QED) is 0.727. The highest BCUT2D eigenvalue weighted by Crippen LogP contribution is 2.02. The molecule has 0 heterocycles. The third-order valence-electron chi connectivity index (χ3n) is 2.18. The Morgan fingerprint density at radius 3 is 2.38 bits per heavy atom. The van der Waals surface area contributed by atoms with E-state index in [4.69, 9.17) is 0 Å². The molecular formula is C13H15NO2. The molecule has 84 valence electrons. The van der Waals surface area contributed by atoms with Gasteiger partial charge in [0.05, 0.1) is 0 Å². The predicted octanol–water partition coefficient (Wildman–Crippen LogP) is 2.09. The minimum absolute atomic E-state index is 0.231. The smallest absolute Gasteiger partial charge is 0.253 e. The van der Waals surface area contributed by atoms with Crippen molar-refractivity contribution in [2.45, 2.75) is 13.8 Å². The van der Waals surface area contributed by atoms with Gasteiger partial charge in [-0.2, -0.15) is 0 Å². The number of nitrogens with zero attached hydrogens (tertiary/aromatic N) is 1. The fourth-order valence-electron chi connectivity index (χ4n) is 1.36. The summed E-state index contributed by atoms with van der Waals surface area (Å²) in [6.07, 6.45) is 3.12. The Labute approximate surface area is 95.4 Å². The van der Waals surface area contributed by atoms with Gasteiger partial charge in [0.25, 0.3) is 5.91 Å². The first-order chi connectivity index (χ1) is 7.65. The molecule has 0 aromatic heterocycles. The van der Waals surface area contributed by atoms with Gasteiger partial charge in [-0.25, -0.2) is 0 Å². The van der Waals surface area contributed by atoms with Gasteiger partial charge in [0, 0.05) is 19.5 Å². The van der Waals surface area contributed by atoms with Crippen LogP contribution in [0.5, 0.6) is 0 Å². The average molecular weight is 217 g/mol. The van der Waals surface area contributed by atoms with Crippen molar-refractivity contribution in [1.82, 2.24) is 4.90 Å². The number of amides is 2. The zero-order chi connectivity index (χ0) is 12.0. The van der Waals surface area contributed by atoms with Crippen molar-refractivity contribution < 1.29 is 9.59 Å². The third-order valence-corrected chi connectivity index (χ3v) is 2.18. The summed E-state index contributed by atoms with van der Waals surface area (Å²) >= 11 is 0. The van der Waals surface area contributed by atoms with Crippen molar-refractivity contribution in [2.75, 3.05) is 6.54 Å². The first-order valence-electron chi connectivity index (χ1n) is 5.20. The minimum Gasteiger partial charge on any atom is -0.280 e. The van der Waals surface area contributed by atoms with Gasteiger partial charge in [-0.05, 0) is 18.6 Å². The average Bonchev–Trinajstić information content (AvgIpc) is 2.28. The molecule has 0 N–H and O–H groups in total. The molecule has 0 bridgehead atoms. The Morgan fingerprint density at radius 1 is 1.25 bits per heavy atom. The van der Waals surface area contributed by atoms with Crippen LogP contribution in [0.15, 0.2) is 36.4 Å². The molecule has 16 heavy (non-hydrogen) atoms. The fourth-order valence-corrected chi connectivity index (χ4v) is 1.36. The number of carbonyl (C=O) groups is 2. The van der Waals surface area contributed by atoms with Gasteiger partial charge in [0.1, 0.15) is 0 Å². The van der Waals surface area contributed by atoms with Gasteiger partial charge in [-0.15, -0.1) is 0 Å². The second-order valence-electron chi connectivity index (χ2n) is 3.35. The molecule has 0 aliphatic heterocycles. The lowest BCUT2D eigenvalue weighted by Gasteiger charge is -2.13. The Bertz CT molecular complexity index is 396. The molecule has 0 radical (unpaired) electrons. The van der Waals surface area contributed by atoms with Crippen LogP contribution in [0.3, 0.4) is 0 Å². The SMILES string of the molecule is CCN(C(C)=O)C(=O)/C=C/c1ccccc1. The lowest BCUT2D eigenvalue weighted by Crippen LogP contribution is -2.33. The van der Waals surface area contributed by atoms with Gasteiger partial charge in [-0.3, -0.25) is 14.5 Å². The number of hydrogen-bond acceptors (Lipinski definition) is 2. The maximum atomic E-state index is 11.6. The van der Waals surface area contributed by atoms with Crippen molar-refractivity contribution in [2.24, 2.45) is 0 Å². The zero-order valence-electron chi connectivity index (χ0n) is 9.51. The van der Waals surface area contributed by atoms with Gasteiger partial charge in [0.15, 0.2) is 0 Å². The monoisotopic (exact) mass is 217 g/mol. The van der Waals surface area contributed by atoms with Crippen molar-refractivity contribution in [3.63, 3.8) is 0 Å². The van der Waals surface area contributed by atoms with E-state index in [1.165, 1.54) is 17.9 Å². The standard InChI is InChI=1S/C13H15NO2/c1-3-14(11(2)15)13(16)10-9-12-7-5-4-6-8-12/h4-10H,3H2,1-2H3/b10-9+. The molecule has 0 aliphatic carbocycles. The molecule has 0 unspecified atom stereocenters. The number of rotatable bonds is 3. The van der Waals surface area contributed by atoms with E-state index >= 15 is 0 Å². The second kappa shape index (κ2) is 5.85. The summed E-state index contributed by atoms with van der Waals surface area (Å²) in [5, 5.41) is 0. The molecule has 0 saturated carbocycles. The van der Waals surface area contributed by atoms with E-state index in [1.54, 1.807) is 13.0 Å². The topological polar surface area (TPSA) is 37.4 Å². The highest BCUT2D eigenvalue weighted by molar-refractivity contribution is 6.02. The minimum atomic E-state index is -0.279. The molecular weight excluding hydrogens is 202 g/mol. The number of benzene rings is 1. The van der Waals surface area contributed by atoms with Crippen LogP contribution in [0.4, 0.5) is 0 Å². The van der Waals surface area contributed by atoms with Crippen molar-refractivity contribution in [3.05, 3.63) is 42.0 Å². The molecule has 0 aliphatic rings. The largest absolute Gasteiger partial charge is 0.280 e. The number of likely N-dealkylation sites (N-methyl/N-ethyl adjacent to an activating group) is 1. The summed E-state index contributed by atoms with van der Waals surface area (Å²) in [5.41, 5.74) is 0.940. The molecule has 1 rings (SSSR count). The summed E-state index contributed by atoms with van der Waals surface area (Å²) in [4.78, 5) is 23.9. The lowest BCUT2D eigenvalue weighted by molar-refractivity contribution is -0.140. The molecule has 0 saturated heterocycles. The summed E-state index contributed by atoms with van der Waals surface area (Å²) in [7, 11) is 0. The number of hydrogen-bond donors (Lipinski definition) is 0. The predicted molar refractivity (Wildman–Crippen MR) is 63.5 cm³/mol. The maximum Gasteiger partial charge on any atom is 0.253 e. The van der Waals surface area contributed by atoms with E-state index < -0.39 is 0 Å². The highest BCUT2D eigenvalue weighted by atomic mass is 16.2. The molecule has 0 fully saturated rings. The van der Waals surface area contributed by atoms with Gasteiger partial charge < -0.3 is 0 Å². The van der Waals surface area contributed by atoms with E-state index in [2.05, 4.69) is 0 Å². The van der Waals surface area contributed by atoms with Crippen LogP contribution in [0.1, 0.15) is 19.4 Å². The zero-order valence-corrected chi connectivity index (χ0v) is 9.51. The van der Waals surface area contributed by atoms with E-state index in [0.717, 1.165) is 5.56 Å².